The van der Waals surface area contributed by atoms with Crippen molar-refractivity contribution >= 4 is 11.6 Å². The zero-order chi connectivity index (χ0) is 17.6. The number of fused-ring (bicyclic) bond motifs is 3. The standard InChI is InChI=1S/C23H15ClN2/c24-22-25-15-19-18-13-7-8-14-20(18)23(21(19)26-22,16-9-3-1-4-10-16)17-11-5-2-6-12-17/h1-15H. The summed E-state index contributed by atoms with van der Waals surface area (Å²) in [5, 5.41) is 0.271. The van der Waals surface area contributed by atoms with Crippen molar-refractivity contribution in [3.8, 4) is 11.1 Å². The molecule has 5 rings (SSSR count). The molecule has 0 bridgehead atoms. The highest BCUT2D eigenvalue weighted by atomic mass is 35.5. The van der Waals surface area contributed by atoms with Gasteiger partial charge in [0.25, 0.3) is 0 Å². The zero-order valence-electron chi connectivity index (χ0n) is 13.9. The first-order valence-electron chi connectivity index (χ1n) is 8.56. The molecule has 2 nitrogen and oxygen atoms in total. The first-order valence-corrected chi connectivity index (χ1v) is 8.93. The summed E-state index contributed by atoms with van der Waals surface area (Å²) >= 11 is 6.25. The molecule has 0 N–H and O–H groups in total. The fraction of sp³-hybridized carbons (Fsp3) is 0.0435. The predicted octanol–water partition coefficient (Wildman–Crippen LogP) is 5.49. The van der Waals surface area contributed by atoms with Crippen LogP contribution in [-0.4, -0.2) is 9.97 Å². The van der Waals surface area contributed by atoms with E-state index >= 15 is 0 Å². The van der Waals surface area contributed by atoms with Crippen LogP contribution in [0.2, 0.25) is 5.28 Å². The second-order valence-electron chi connectivity index (χ2n) is 6.43. The third-order valence-electron chi connectivity index (χ3n) is 5.15. The SMILES string of the molecule is Clc1ncc2c(n1)C(c1ccccc1)(c1ccccc1)c1ccccc1-2. The van der Waals surface area contributed by atoms with Gasteiger partial charge in [0.15, 0.2) is 0 Å². The summed E-state index contributed by atoms with van der Waals surface area (Å²) in [6.07, 6.45) is 1.84. The minimum absolute atomic E-state index is 0.271. The van der Waals surface area contributed by atoms with Gasteiger partial charge >= 0.3 is 0 Å². The maximum Gasteiger partial charge on any atom is 0.222 e. The molecule has 0 fully saturated rings. The van der Waals surface area contributed by atoms with Gasteiger partial charge < -0.3 is 0 Å². The van der Waals surface area contributed by atoms with Crippen LogP contribution in [0.25, 0.3) is 11.1 Å². The van der Waals surface area contributed by atoms with Crippen LogP contribution in [0, 0.1) is 0 Å². The zero-order valence-corrected chi connectivity index (χ0v) is 14.7. The summed E-state index contributed by atoms with van der Waals surface area (Å²) in [6, 6.07) is 29.5. The minimum Gasteiger partial charge on any atom is -0.226 e. The lowest BCUT2D eigenvalue weighted by molar-refractivity contribution is 0.734. The largest absolute Gasteiger partial charge is 0.226 e. The summed E-state index contributed by atoms with van der Waals surface area (Å²) in [4.78, 5) is 8.99. The van der Waals surface area contributed by atoms with E-state index < -0.39 is 5.41 Å². The molecule has 0 saturated carbocycles. The molecule has 0 unspecified atom stereocenters. The lowest BCUT2D eigenvalue weighted by Gasteiger charge is -2.32. The van der Waals surface area contributed by atoms with E-state index in [9.17, 15) is 0 Å². The van der Waals surface area contributed by atoms with Crippen molar-refractivity contribution in [2.24, 2.45) is 0 Å². The molecule has 0 radical (unpaired) electrons. The van der Waals surface area contributed by atoms with Gasteiger partial charge in [0.05, 0.1) is 11.1 Å². The fourth-order valence-electron chi connectivity index (χ4n) is 4.14. The first-order chi connectivity index (χ1) is 12.8. The highest BCUT2D eigenvalue weighted by Gasteiger charge is 2.47. The molecule has 1 aromatic heterocycles. The predicted molar refractivity (Wildman–Crippen MR) is 104 cm³/mol. The average Bonchev–Trinajstić information content (AvgIpc) is 3.00. The van der Waals surface area contributed by atoms with Crippen molar-refractivity contribution in [2.75, 3.05) is 0 Å². The van der Waals surface area contributed by atoms with Crippen LogP contribution in [0.3, 0.4) is 0 Å². The molecular formula is C23H15ClN2. The Morgan fingerprint density at radius 2 is 1.23 bits per heavy atom. The first kappa shape index (κ1) is 15.3. The van der Waals surface area contributed by atoms with Gasteiger partial charge in [-0.15, -0.1) is 0 Å². The third-order valence-corrected chi connectivity index (χ3v) is 5.33. The van der Waals surface area contributed by atoms with Crippen molar-refractivity contribution < 1.29 is 0 Å². The van der Waals surface area contributed by atoms with Gasteiger partial charge in [-0.1, -0.05) is 84.9 Å². The van der Waals surface area contributed by atoms with Crippen molar-refractivity contribution in [2.45, 2.75) is 5.41 Å². The molecule has 0 amide bonds. The Balaban J connectivity index is 1.99. The van der Waals surface area contributed by atoms with Crippen molar-refractivity contribution in [1.29, 1.82) is 0 Å². The van der Waals surface area contributed by atoms with E-state index in [-0.39, 0.29) is 5.28 Å². The van der Waals surface area contributed by atoms with Gasteiger partial charge in [0.2, 0.25) is 5.28 Å². The van der Waals surface area contributed by atoms with E-state index in [1.165, 1.54) is 16.7 Å². The summed E-state index contributed by atoms with van der Waals surface area (Å²) in [5.74, 6) is 0. The molecule has 1 aliphatic rings. The molecule has 4 aromatic rings. The monoisotopic (exact) mass is 354 g/mol. The number of hydrogen-bond donors (Lipinski definition) is 0. The topological polar surface area (TPSA) is 25.8 Å². The Morgan fingerprint density at radius 1 is 0.654 bits per heavy atom. The number of halogens is 1. The quantitative estimate of drug-likeness (QED) is 0.391. The number of nitrogens with zero attached hydrogens (tertiary/aromatic N) is 2. The van der Waals surface area contributed by atoms with E-state index in [0.717, 1.165) is 16.8 Å². The normalized spacial score (nSPS) is 13.9. The second-order valence-corrected chi connectivity index (χ2v) is 6.77. The number of aromatic nitrogens is 2. The second kappa shape index (κ2) is 5.79. The summed E-state index contributed by atoms with van der Waals surface area (Å²) < 4.78 is 0. The van der Waals surface area contributed by atoms with Crippen LogP contribution in [-0.2, 0) is 5.41 Å². The molecule has 0 atom stereocenters. The van der Waals surface area contributed by atoms with E-state index in [0.29, 0.717) is 0 Å². The lowest BCUT2D eigenvalue weighted by atomic mass is 9.69. The van der Waals surface area contributed by atoms with Gasteiger partial charge in [-0.25, -0.2) is 9.97 Å². The molecule has 0 aliphatic heterocycles. The highest BCUT2D eigenvalue weighted by molar-refractivity contribution is 6.28. The average molecular weight is 355 g/mol. The van der Waals surface area contributed by atoms with Crippen LogP contribution in [0.1, 0.15) is 22.4 Å². The number of rotatable bonds is 2. The molecule has 124 valence electrons. The molecule has 26 heavy (non-hydrogen) atoms. The van der Waals surface area contributed by atoms with Crippen molar-refractivity contribution in [3.63, 3.8) is 0 Å². The maximum absolute atomic E-state index is 6.25. The summed E-state index contributed by atoms with van der Waals surface area (Å²) in [5.41, 5.74) is 6.20. The Labute approximate surface area is 157 Å². The van der Waals surface area contributed by atoms with Crippen LogP contribution in [0.4, 0.5) is 0 Å². The van der Waals surface area contributed by atoms with Crippen molar-refractivity contribution in [1.82, 2.24) is 9.97 Å². The Bertz CT molecular complexity index is 1050. The van der Waals surface area contributed by atoms with Crippen molar-refractivity contribution in [3.05, 3.63) is 119 Å². The van der Waals surface area contributed by atoms with Crippen LogP contribution in [0.15, 0.2) is 91.1 Å². The molecule has 1 aliphatic carbocycles. The molecule has 3 heteroatoms. The van der Waals surface area contributed by atoms with Gasteiger partial charge in [0.1, 0.15) is 0 Å². The van der Waals surface area contributed by atoms with Crippen LogP contribution >= 0.6 is 11.6 Å². The molecule has 0 spiro atoms. The van der Waals surface area contributed by atoms with E-state index in [1.807, 2.05) is 18.3 Å². The Morgan fingerprint density at radius 3 is 1.88 bits per heavy atom. The van der Waals surface area contributed by atoms with Gasteiger partial charge in [-0.05, 0) is 33.9 Å². The fourth-order valence-corrected chi connectivity index (χ4v) is 4.28. The van der Waals surface area contributed by atoms with Gasteiger partial charge in [0, 0.05) is 11.8 Å². The van der Waals surface area contributed by atoms with Gasteiger partial charge in [-0.2, -0.15) is 0 Å². The van der Waals surface area contributed by atoms with E-state index in [4.69, 9.17) is 16.6 Å². The highest BCUT2D eigenvalue weighted by Crippen LogP contribution is 2.55. The Hall–Kier alpha value is -2.97. The maximum atomic E-state index is 6.25. The van der Waals surface area contributed by atoms with E-state index in [2.05, 4.69) is 77.8 Å². The van der Waals surface area contributed by atoms with Gasteiger partial charge in [-0.3, -0.25) is 0 Å². The van der Waals surface area contributed by atoms with Crippen LogP contribution in [0.5, 0.6) is 0 Å². The third kappa shape index (κ3) is 2.00. The molecule has 3 aromatic carbocycles. The summed E-state index contributed by atoms with van der Waals surface area (Å²) in [6.45, 7) is 0. The van der Waals surface area contributed by atoms with Crippen LogP contribution < -0.4 is 0 Å². The Kier molecular flexibility index (Phi) is 3.41. The smallest absolute Gasteiger partial charge is 0.222 e. The molecule has 1 heterocycles. The lowest BCUT2D eigenvalue weighted by Crippen LogP contribution is -2.29. The summed E-state index contributed by atoms with van der Waals surface area (Å²) in [7, 11) is 0. The molecule has 0 saturated heterocycles. The minimum atomic E-state index is -0.499. The molecular weight excluding hydrogens is 340 g/mol. The number of hydrogen-bond acceptors (Lipinski definition) is 2. The van der Waals surface area contributed by atoms with E-state index in [1.54, 1.807) is 0 Å². The number of benzene rings is 3.